The van der Waals surface area contributed by atoms with Gasteiger partial charge in [0, 0.05) is 38.1 Å². The standard InChI is InChI=1S/C26H32N8O4/c27-10-13-33(25(36)17-29-16-20-6-1-3-11-30-20)19-26(37)34(18-23(28)35)14-15-38-24-9-5-8-22(32-24)21-7-2-4-12-31-21/h1-9,11-12,29H,10,13-19,27H2,(H2,28,35). The van der Waals surface area contributed by atoms with Crippen molar-refractivity contribution >= 4 is 17.7 Å². The summed E-state index contributed by atoms with van der Waals surface area (Å²) in [5.41, 5.74) is 13.1. The second-order valence-corrected chi connectivity index (χ2v) is 8.23. The Labute approximate surface area is 221 Å². The Morgan fingerprint density at radius 1 is 0.842 bits per heavy atom. The van der Waals surface area contributed by atoms with Crippen molar-refractivity contribution in [3.8, 4) is 17.3 Å². The van der Waals surface area contributed by atoms with Crippen molar-refractivity contribution in [1.29, 1.82) is 0 Å². The zero-order valence-corrected chi connectivity index (χ0v) is 21.0. The number of nitrogens with zero attached hydrogens (tertiary/aromatic N) is 5. The molecule has 3 amide bonds. The average Bonchev–Trinajstić information content (AvgIpc) is 2.93. The zero-order valence-electron chi connectivity index (χ0n) is 21.0. The van der Waals surface area contributed by atoms with Gasteiger partial charge in [-0.25, -0.2) is 4.98 Å². The van der Waals surface area contributed by atoms with Gasteiger partial charge in [0.1, 0.15) is 6.61 Å². The van der Waals surface area contributed by atoms with E-state index in [1.165, 1.54) is 9.80 Å². The van der Waals surface area contributed by atoms with E-state index in [2.05, 4.69) is 20.3 Å². The fourth-order valence-electron chi connectivity index (χ4n) is 3.52. The highest BCUT2D eigenvalue weighted by molar-refractivity contribution is 5.88. The van der Waals surface area contributed by atoms with E-state index in [0.717, 1.165) is 5.69 Å². The van der Waals surface area contributed by atoms with Crippen LogP contribution in [0.15, 0.2) is 67.0 Å². The molecule has 0 aliphatic carbocycles. The Morgan fingerprint density at radius 3 is 2.26 bits per heavy atom. The van der Waals surface area contributed by atoms with Crippen molar-refractivity contribution in [3.63, 3.8) is 0 Å². The summed E-state index contributed by atoms with van der Waals surface area (Å²) in [6, 6.07) is 16.3. The van der Waals surface area contributed by atoms with Gasteiger partial charge in [0.2, 0.25) is 23.6 Å². The lowest BCUT2D eigenvalue weighted by molar-refractivity contribution is -0.141. The van der Waals surface area contributed by atoms with Crippen LogP contribution in [-0.4, -0.2) is 88.3 Å². The summed E-state index contributed by atoms with van der Waals surface area (Å²) in [6.45, 7) is 0.332. The molecular formula is C26H32N8O4. The quantitative estimate of drug-likeness (QED) is 0.246. The van der Waals surface area contributed by atoms with Crippen LogP contribution in [0, 0.1) is 0 Å². The van der Waals surface area contributed by atoms with Gasteiger partial charge in [0.15, 0.2) is 0 Å². The molecule has 3 heterocycles. The van der Waals surface area contributed by atoms with Crippen molar-refractivity contribution < 1.29 is 19.1 Å². The Morgan fingerprint density at radius 2 is 1.58 bits per heavy atom. The molecular weight excluding hydrogens is 488 g/mol. The molecule has 0 unspecified atom stereocenters. The Kier molecular flexibility index (Phi) is 11.1. The van der Waals surface area contributed by atoms with E-state index in [1.807, 2.05) is 42.5 Å². The normalized spacial score (nSPS) is 10.6. The van der Waals surface area contributed by atoms with Crippen LogP contribution in [0.4, 0.5) is 0 Å². The molecule has 0 aliphatic heterocycles. The van der Waals surface area contributed by atoms with Crippen LogP contribution in [0.3, 0.4) is 0 Å². The van der Waals surface area contributed by atoms with E-state index >= 15 is 0 Å². The van der Waals surface area contributed by atoms with E-state index in [9.17, 15) is 14.4 Å². The maximum absolute atomic E-state index is 13.0. The van der Waals surface area contributed by atoms with Gasteiger partial charge in [-0.3, -0.25) is 24.4 Å². The van der Waals surface area contributed by atoms with Crippen molar-refractivity contribution in [2.24, 2.45) is 11.5 Å². The second kappa shape index (κ2) is 15.0. The summed E-state index contributed by atoms with van der Waals surface area (Å²) >= 11 is 0. The van der Waals surface area contributed by atoms with E-state index < -0.39 is 11.8 Å². The summed E-state index contributed by atoms with van der Waals surface area (Å²) < 4.78 is 5.72. The number of aromatic nitrogens is 3. The minimum Gasteiger partial charge on any atom is -0.476 e. The highest BCUT2D eigenvalue weighted by Gasteiger charge is 2.22. The molecule has 3 aromatic rings. The molecule has 38 heavy (non-hydrogen) atoms. The number of pyridine rings is 3. The number of carbonyl (C=O) groups excluding carboxylic acids is 3. The lowest BCUT2D eigenvalue weighted by atomic mass is 10.2. The molecule has 0 saturated heterocycles. The number of nitrogens with one attached hydrogen (secondary N) is 1. The molecule has 12 heteroatoms. The number of rotatable bonds is 15. The van der Waals surface area contributed by atoms with Crippen LogP contribution in [0.2, 0.25) is 0 Å². The lowest BCUT2D eigenvalue weighted by Crippen LogP contribution is -2.49. The van der Waals surface area contributed by atoms with Gasteiger partial charge in [0.25, 0.3) is 0 Å². The van der Waals surface area contributed by atoms with E-state index in [0.29, 0.717) is 23.8 Å². The second-order valence-electron chi connectivity index (χ2n) is 8.23. The van der Waals surface area contributed by atoms with Crippen LogP contribution in [0.25, 0.3) is 11.4 Å². The zero-order chi connectivity index (χ0) is 27.2. The summed E-state index contributed by atoms with van der Waals surface area (Å²) in [5, 5.41) is 3.02. The summed E-state index contributed by atoms with van der Waals surface area (Å²) in [5.74, 6) is -1.08. The summed E-state index contributed by atoms with van der Waals surface area (Å²) in [6.07, 6.45) is 3.34. The molecule has 0 aliphatic rings. The highest BCUT2D eigenvalue weighted by atomic mass is 16.5. The van der Waals surface area contributed by atoms with Gasteiger partial charge in [-0.15, -0.1) is 0 Å². The molecule has 0 fully saturated rings. The molecule has 5 N–H and O–H groups in total. The molecule has 0 atom stereocenters. The van der Waals surface area contributed by atoms with Gasteiger partial charge in [0.05, 0.1) is 43.3 Å². The SMILES string of the molecule is NCCN(CC(=O)N(CCOc1cccc(-c2ccccn2)n1)CC(N)=O)C(=O)CNCc1ccccn1. The number of primary amides is 1. The van der Waals surface area contributed by atoms with Crippen LogP contribution in [0.5, 0.6) is 5.88 Å². The average molecular weight is 521 g/mol. The lowest BCUT2D eigenvalue weighted by Gasteiger charge is -2.27. The van der Waals surface area contributed by atoms with Crippen molar-refractivity contribution in [3.05, 3.63) is 72.7 Å². The first-order valence-corrected chi connectivity index (χ1v) is 12.1. The third-order valence-corrected chi connectivity index (χ3v) is 5.35. The number of ether oxygens (including phenoxy) is 1. The van der Waals surface area contributed by atoms with Gasteiger partial charge < -0.3 is 31.3 Å². The van der Waals surface area contributed by atoms with Crippen LogP contribution in [-0.2, 0) is 20.9 Å². The van der Waals surface area contributed by atoms with E-state index in [-0.39, 0.29) is 51.8 Å². The molecule has 200 valence electrons. The maximum Gasteiger partial charge on any atom is 0.242 e. The topological polar surface area (TPSA) is 170 Å². The minimum atomic E-state index is -0.678. The molecule has 0 saturated carbocycles. The van der Waals surface area contributed by atoms with Crippen molar-refractivity contribution in [1.82, 2.24) is 30.1 Å². The van der Waals surface area contributed by atoms with Crippen molar-refractivity contribution in [2.75, 3.05) is 45.9 Å². The van der Waals surface area contributed by atoms with Crippen LogP contribution < -0.4 is 21.5 Å². The van der Waals surface area contributed by atoms with Crippen LogP contribution in [0.1, 0.15) is 5.69 Å². The first-order valence-electron chi connectivity index (χ1n) is 12.1. The fourth-order valence-corrected chi connectivity index (χ4v) is 3.52. The highest BCUT2D eigenvalue weighted by Crippen LogP contribution is 2.17. The van der Waals surface area contributed by atoms with Crippen LogP contribution >= 0.6 is 0 Å². The number of hydrogen-bond donors (Lipinski definition) is 3. The molecule has 12 nitrogen and oxygen atoms in total. The van der Waals surface area contributed by atoms with Gasteiger partial charge in [-0.1, -0.05) is 18.2 Å². The minimum absolute atomic E-state index is 0.00106. The number of carbonyl (C=O) groups is 3. The van der Waals surface area contributed by atoms with E-state index in [1.54, 1.807) is 24.5 Å². The molecule has 0 aromatic carbocycles. The van der Waals surface area contributed by atoms with E-state index in [4.69, 9.17) is 16.2 Å². The molecule has 0 radical (unpaired) electrons. The van der Waals surface area contributed by atoms with Crippen molar-refractivity contribution in [2.45, 2.75) is 6.54 Å². The third-order valence-electron chi connectivity index (χ3n) is 5.35. The maximum atomic E-state index is 13.0. The number of nitrogens with two attached hydrogens (primary N) is 2. The number of hydrogen-bond acceptors (Lipinski definition) is 9. The fraction of sp³-hybridized carbons (Fsp3) is 0.308. The predicted octanol–water partition coefficient (Wildman–Crippen LogP) is -0.192. The summed E-state index contributed by atoms with van der Waals surface area (Å²) in [4.78, 5) is 52.9. The monoisotopic (exact) mass is 520 g/mol. The largest absolute Gasteiger partial charge is 0.476 e. The van der Waals surface area contributed by atoms with Gasteiger partial charge in [-0.05, 0) is 30.3 Å². The predicted molar refractivity (Wildman–Crippen MR) is 140 cm³/mol. The molecule has 3 rings (SSSR count). The first kappa shape index (κ1) is 28.2. The summed E-state index contributed by atoms with van der Waals surface area (Å²) in [7, 11) is 0. The smallest absolute Gasteiger partial charge is 0.242 e. The molecule has 0 bridgehead atoms. The van der Waals surface area contributed by atoms with Gasteiger partial charge >= 0.3 is 0 Å². The Balaban J connectivity index is 1.55. The Bertz CT molecular complexity index is 1180. The molecule has 3 aromatic heterocycles. The number of amides is 3. The first-order chi connectivity index (χ1) is 18.5. The van der Waals surface area contributed by atoms with Gasteiger partial charge in [-0.2, -0.15) is 0 Å². The third kappa shape index (κ3) is 9.22. The molecule has 0 spiro atoms. The Hall–Kier alpha value is -4.42.